The van der Waals surface area contributed by atoms with Crippen molar-refractivity contribution in [2.75, 3.05) is 0 Å². The van der Waals surface area contributed by atoms with Crippen LogP contribution in [0, 0.1) is 0 Å². The Kier molecular flexibility index (Phi) is 3.84. The average Bonchev–Trinajstić information content (AvgIpc) is 2.53. The predicted molar refractivity (Wildman–Crippen MR) is 85.1 cm³/mol. The molecule has 0 saturated heterocycles. The number of fused-ring (bicyclic) bond motifs is 1. The molecule has 0 fully saturated rings. The van der Waals surface area contributed by atoms with Crippen LogP contribution in [-0.2, 0) is 6.61 Å². The van der Waals surface area contributed by atoms with Gasteiger partial charge in [0, 0.05) is 28.8 Å². The van der Waals surface area contributed by atoms with E-state index >= 15 is 0 Å². The van der Waals surface area contributed by atoms with E-state index in [0.717, 1.165) is 27.8 Å². The van der Waals surface area contributed by atoms with Crippen molar-refractivity contribution in [3.63, 3.8) is 0 Å². The number of ether oxygens (including phenoxy) is 1. The molecule has 0 spiro atoms. The summed E-state index contributed by atoms with van der Waals surface area (Å²) in [7, 11) is 0. The Morgan fingerprint density at radius 2 is 1.86 bits per heavy atom. The topological polar surface area (TPSA) is 48.1 Å². The highest BCUT2D eigenvalue weighted by Gasteiger charge is 2.08. The van der Waals surface area contributed by atoms with Crippen LogP contribution in [0.1, 0.15) is 24.1 Å². The fourth-order valence-corrected chi connectivity index (χ4v) is 2.43. The molecule has 21 heavy (non-hydrogen) atoms. The van der Waals surface area contributed by atoms with Crippen LogP contribution in [0.5, 0.6) is 5.75 Å². The molecule has 2 aromatic carbocycles. The molecule has 1 heterocycles. The minimum absolute atomic E-state index is 0.0492. The van der Waals surface area contributed by atoms with Crippen molar-refractivity contribution >= 4 is 10.9 Å². The summed E-state index contributed by atoms with van der Waals surface area (Å²) in [6, 6.07) is 18.0. The van der Waals surface area contributed by atoms with E-state index in [0.29, 0.717) is 6.61 Å². The van der Waals surface area contributed by atoms with Gasteiger partial charge in [-0.1, -0.05) is 42.5 Å². The van der Waals surface area contributed by atoms with Gasteiger partial charge in [-0.25, -0.2) is 0 Å². The van der Waals surface area contributed by atoms with Crippen molar-refractivity contribution in [1.29, 1.82) is 0 Å². The second kappa shape index (κ2) is 5.94. The number of pyridine rings is 1. The minimum Gasteiger partial charge on any atom is -0.488 e. The lowest BCUT2D eigenvalue weighted by Crippen LogP contribution is -2.08. The van der Waals surface area contributed by atoms with E-state index < -0.39 is 0 Å². The Morgan fingerprint density at radius 1 is 1.05 bits per heavy atom. The van der Waals surface area contributed by atoms with E-state index in [1.807, 2.05) is 55.6 Å². The highest BCUT2D eigenvalue weighted by Crippen LogP contribution is 2.25. The molecule has 3 aromatic rings. The maximum absolute atomic E-state index is 5.98. The smallest absolute Gasteiger partial charge is 0.124 e. The zero-order valence-electron chi connectivity index (χ0n) is 12.0. The molecule has 2 N–H and O–H groups in total. The molecule has 0 radical (unpaired) electrons. The summed E-state index contributed by atoms with van der Waals surface area (Å²) >= 11 is 0. The Bertz CT molecular complexity index is 748. The van der Waals surface area contributed by atoms with E-state index in [-0.39, 0.29) is 6.04 Å². The Labute approximate surface area is 124 Å². The van der Waals surface area contributed by atoms with Crippen molar-refractivity contribution in [1.82, 2.24) is 4.98 Å². The molecule has 3 nitrogen and oxygen atoms in total. The largest absolute Gasteiger partial charge is 0.488 e. The van der Waals surface area contributed by atoms with Gasteiger partial charge in [0.1, 0.15) is 12.4 Å². The van der Waals surface area contributed by atoms with E-state index in [4.69, 9.17) is 10.5 Å². The molecular formula is C18H18N2O. The molecule has 0 unspecified atom stereocenters. The lowest BCUT2D eigenvalue weighted by Gasteiger charge is -2.14. The zero-order valence-corrected chi connectivity index (χ0v) is 12.0. The Morgan fingerprint density at radius 3 is 2.71 bits per heavy atom. The van der Waals surface area contributed by atoms with Gasteiger partial charge in [-0.05, 0) is 19.1 Å². The fourth-order valence-electron chi connectivity index (χ4n) is 2.43. The maximum atomic E-state index is 5.98. The quantitative estimate of drug-likeness (QED) is 0.789. The van der Waals surface area contributed by atoms with Gasteiger partial charge < -0.3 is 10.5 Å². The number of hydrogen-bond donors (Lipinski definition) is 1. The number of benzene rings is 2. The van der Waals surface area contributed by atoms with Crippen LogP contribution < -0.4 is 10.5 Å². The summed E-state index contributed by atoms with van der Waals surface area (Å²) in [4.78, 5) is 4.45. The summed E-state index contributed by atoms with van der Waals surface area (Å²) in [5.41, 5.74) is 9.06. The van der Waals surface area contributed by atoms with Gasteiger partial charge in [0.15, 0.2) is 0 Å². The van der Waals surface area contributed by atoms with Crippen molar-refractivity contribution < 1.29 is 4.74 Å². The van der Waals surface area contributed by atoms with Gasteiger partial charge in [0.05, 0.1) is 5.52 Å². The first-order valence-electron chi connectivity index (χ1n) is 7.05. The van der Waals surface area contributed by atoms with Gasteiger partial charge in [0.25, 0.3) is 0 Å². The third-order valence-electron chi connectivity index (χ3n) is 3.51. The normalized spacial score (nSPS) is 12.3. The monoisotopic (exact) mass is 278 g/mol. The Balaban J connectivity index is 1.87. The number of nitrogens with two attached hydrogens (primary N) is 1. The van der Waals surface area contributed by atoms with Gasteiger partial charge in [-0.2, -0.15) is 0 Å². The highest BCUT2D eigenvalue weighted by molar-refractivity contribution is 5.81. The third kappa shape index (κ3) is 2.88. The number of rotatable bonds is 4. The fraction of sp³-hybridized carbons (Fsp3) is 0.167. The van der Waals surface area contributed by atoms with Crippen LogP contribution in [0.3, 0.4) is 0 Å². The first-order chi connectivity index (χ1) is 10.3. The number of hydrogen-bond acceptors (Lipinski definition) is 3. The first kappa shape index (κ1) is 13.6. The van der Waals surface area contributed by atoms with Crippen molar-refractivity contribution in [2.45, 2.75) is 19.6 Å². The van der Waals surface area contributed by atoms with Crippen LogP contribution in [0.4, 0.5) is 0 Å². The van der Waals surface area contributed by atoms with Crippen molar-refractivity contribution in [2.24, 2.45) is 5.73 Å². The van der Waals surface area contributed by atoms with Gasteiger partial charge in [-0.3, -0.25) is 4.98 Å². The van der Waals surface area contributed by atoms with E-state index in [2.05, 4.69) is 17.1 Å². The van der Waals surface area contributed by atoms with Crippen LogP contribution in [0.2, 0.25) is 0 Å². The molecular weight excluding hydrogens is 260 g/mol. The van der Waals surface area contributed by atoms with E-state index in [1.165, 1.54) is 0 Å². The molecule has 0 amide bonds. The molecule has 1 aromatic heterocycles. The molecule has 0 aliphatic carbocycles. The maximum Gasteiger partial charge on any atom is 0.124 e. The number of aromatic nitrogens is 1. The molecule has 0 bridgehead atoms. The number of para-hydroxylation sites is 2. The van der Waals surface area contributed by atoms with Gasteiger partial charge in [-0.15, -0.1) is 0 Å². The standard InChI is InChI=1S/C18H18N2O/c1-13(19)16-9-2-3-10-17(16)21-12-15-7-4-6-14-8-5-11-20-18(14)15/h2-11,13H,12,19H2,1H3/t13-/m0/s1. The highest BCUT2D eigenvalue weighted by atomic mass is 16.5. The molecule has 0 aliphatic rings. The summed E-state index contributed by atoms with van der Waals surface area (Å²) in [5, 5.41) is 1.12. The van der Waals surface area contributed by atoms with Gasteiger partial charge in [0.2, 0.25) is 0 Å². The van der Waals surface area contributed by atoms with Crippen LogP contribution in [0.15, 0.2) is 60.8 Å². The second-order valence-electron chi connectivity index (χ2n) is 5.11. The first-order valence-corrected chi connectivity index (χ1v) is 7.05. The summed E-state index contributed by atoms with van der Waals surface area (Å²) in [6.07, 6.45) is 1.81. The van der Waals surface area contributed by atoms with Crippen molar-refractivity contribution in [3.8, 4) is 5.75 Å². The SMILES string of the molecule is C[C@H](N)c1ccccc1OCc1cccc2cccnc12. The molecule has 1 atom stereocenters. The summed E-state index contributed by atoms with van der Waals surface area (Å²) < 4.78 is 5.97. The molecule has 3 heteroatoms. The van der Waals surface area contributed by atoms with Crippen LogP contribution in [0.25, 0.3) is 10.9 Å². The van der Waals surface area contributed by atoms with Gasteiger partial charge >= 0.3 is 0 Å². The summed E-state index contributed by atoms with van der Waals surface area (Å²) in [5.74, 6) is 0.834. The molecule has 3 rings (SSSR count). The van der Waals surface area contributed by atoms with Crippen molar-refractivity contribution in [3.05, 3.63) is 71.9 Å². The number of nitrogens with zero attached hydrogens (tertiary/aromatic N) is 1. The molecule has 106 valence electrons. The average molecular weight is 278 g/mol. The van der Waals surface area contributed by atoms with Crippen LogP contribution >= 0.6 is 0 Å². The minimum atomic E-state index is -0.0492. The third-order valence-corrected chi connectivity index (χ3v) is 3.51. The van der Waals surface area contributed by atoms with E-state index in [1.54, 1.807) is 0 Å². The predicted octanol–water partition coefficient (Wildman–Crippen LogP) is 3.83. The van der Waals surface area contributed by atoms with Crippen LogP contribution in [-0.4, -0.2) is 4.98 Å². The summed E-state index contributed by atoms with van der Waals surface area (Å²) in [6.45, 7) is 2.44. The molecule has 0 aliphatic heterocycles. The second-order valence-corrected chi connectivity index (χ2v) is 5.11. The van der Waals surface area contributed by atoms with E-state index in [9.17, 15) is 0 Å². The lowest BCUT2D eigenvalue weighted by atomic mass is 10.1. The zero-order chi connectivity index (χ0) is 14.7. The lowest BCUT2D eigenvalue weighted by molar-refractivity contribution is 0.302. The Hall–Kier alpha value is -2.39. The molecule has 0 saturated carbocycles.